The van der Waals surface area contributed by atoms with E-state index in [1.807, 2.05) is 0 Å². The van der Waals surface area contributed by atoms with Crippen molar-refractivity contribution in [3.05, 3.63) is 58.0 Å². The van der Waals surface area contributed by atoms with E-state index in [0.717, 1.165) is 22.9 Å². The fourth-order valence-corrected chi connectivity index (χ4v) is 2.86. The third-order valence-corrected chi connectivity index (χ3v) is 3.99. The van der Waals surface area contributed by atoms with E-state index >= 15 is 0 Å². The molecule has 0 atom stereocenters. The Hall–Kier alpha value is -3.10. The van der Waals surface area contributed by atoms with Crippen molar-refractivity contribution in [1.29, 1.82) is 0 Å². The molecule has 1 aliphatic heterocycles. The quantitative estimate of drug-likeness (QED) is 0.662. The van der Waals surface area contributed by atoms with Gasteiger partial charge in [0, 0.05) is 23.9 Å². The van der Waals surface area contributed by atoms with Crippen LogP contribution in [0.15, 0.2) is 46.0 Å². The maximum Gasteiger partial charge on any atom is 0.417 e. The van der Waals surface area contributed by atoms with Crippen LogP contribution in [-0.2, 0) is 6.18 Å². The molecule has 3 heterocycles. The predicted octanol–water partition coefficient (Wildman–Crippen LogP) is 3.46. The first kappa shape index (κ1) is 16.4. The van der Waals surface area contributed by atoms with Crippen molar-refractivity contribution in [3.8, 4) is 5.75 Å². The Kier molecular flexibility index (Phi) is 3.27. The van der Waals surface area contributed by atoms with Crippen molar-refractivity contribution < 1.29 is 22.5 Å². The summed E-state index contributed by atoms with van der Waals surface area (Å²) in [4.78, 5) is 12.3. The molecule has 0 N–H and O–H groups in total. The van der Waals surface area contributed by atoms with E-state index in [4.69, 9.17) is 4.74 Å². The van der Waals surface area contributed by atoms with Gasteiger partial charge in [-0.25, -0.2) is 4.63 Å². The molecule has 0 spiro atoms. The van der Waals surface area contributed by atoms with Gasteiger partial charge in [-0.05, 0) is 42.4 Å². The average molecular weight is 363 g/mol. The Morgan fingerprint density at radius 1 is 1.12 bits per heavy atom. The van der Waals surface area contributed by atoms with Crippen molar-refractivity contribution in [2.75, 3.05) is 0 Å². The lowest BCUT2D eigenvalue weighted by molar-refractivity contribution is -0.137. The highest BCUT2D eigenvalue weighted by Gasteiger charge is 2.33. The summed E-state index contributed by atoms with van der Waals surface area (Å²) in [6, 6.07) is 4.79. The van der Waals surface area contributed by atoms with Gasteiger partial charge in [-0.1, -0.05) is 0 Å². The number of fused-ring (bicyclic) bond motifs is 2. The van der Waals surface area contributed by atoms with E-state index in [1.54, 1.807) is 32.1 Å². The summed E-state index contributed by atoms with van der Waals surface area (Å²) in [6.45, 7) is 3.47. The first-order chi connectivity index (χ1) is 12.1. The molecule has 0 saturated carbocycles. The fourth-order valence-electron chi connectivity index (χ4n) is 2.86. The number of hydrogen-bond acceptors (Lipinski definition) is 5. The molecule has 0 saturated heterocycles. The van der Waals surface area contributed by atoms with Crippen LogP contribution in [0.5, 0.6) is 5.75 Å². The second-order valence-electron chi connectivity index (χ2n) is 6.46. The summed E-state index contributed by atoms with van der Waals surface area (Å²) >= 11 is 0. The van der Waals surface area contributed by atoms with Crippen LogP contribution in [0.4, 0.5) is 13.2 Å². The van der Waals surface area contributed by atoms with Gasteiger partial charge in [0.15, 0.2) is 0 Å². The zero-order valence-electron chi connectivity index (χ0n) is 13.7. The second-order valence-corrected chi connectivity index (χ2v) is 6.46. The molecule has 0 unspecified atom stereocenters. The average Bonchev–Trinajstić information content (AvgIpc) is 2.98. The highest BCUT2D eigenvalue weighted by Crippen LogP contribution is 2.39. The summed E-state index contributed by atoms with van der Waals surface area (Å²) in [5.74, 6) is 0.375. The van der Waals surface area contributed by atoms with Crippen molar-refractivity contribution >= 4 is 16.7 Å². The molecule has 2 aromatic heterocycles. The number of halogens is 3. The Morgan fingerprint density at radius 2 is 1.81 bits per heavy atom. The number of ether oxygens (including phenoxy) is 1. The Labute approximate surface area is 144 Å². The van der Waals surface area contributed by atoms with Crippen LogP contribution in [0.2, 0.25) is 0 Å². The molecule has 0 bridgehead atoms. The molecule has 26 heavy (non-hydrogen) atoms. The summed E-state index contributed by atoms with van der Waals surface area (Å²) in [7, 11) is 0. The van der Waals surface area contributed by atoms with Gasteiger partial charge in [-0.15, -0.1) is 0 Å². The number of nitrogens with zero attached hydrogens (tertiary/aromatic N) is 3. The summed E-state index contributed by atoms with van der Waals surface area (Å²) in [5, 5.41) is 7.47. The second kappa shape index (κ2) is 5.20. The molecule has 4 rings (SSSR count). The fraction of sp³-hybridized carbons (Fsp3) is 0.235. The van der Waals surface area contributed by atoms with E-state index < -0.39 is 22.9 Å². The topological polar surface area (TPSA) is 70.2 Å². The standard InChI is InChI=1S/C17H12F3N3O3/c1-16(2)7-13(23-8-9(17(18,19)20)3-4-15(23)24)10-5-11-12(22-26-21-11)6-14(10)25-16/h3-8H,1-2H3. The van der Waals surface area contributed by atoms with Gasteiger partial charge in [0.1, 0.15) is 22.4 Å². The molecule has 1 aliphatic rings. The van der Waals surface area contributed by atoms with Crippen LogP contribution in [0.1, 0.15) is 25.0 Å². The lowest BCUT2D eigenvalue weighted by Crippen LogP contribution is -2.32. The Balaban J connectivity index is 1.99. The van der Waals surface area contributed by atoms with E-state index in [1.165, 1.54) is 0 Å². The molecule has 3 aromatic rings. The summed E-state index contributed by atoms with van der Waals surface area (Å²) in [5.41, 5.74) is -0.818. The molecule has 0 amide bonds. The maximum absolute atomic E-state index is 13.1. The lowest BCUT2D eigenvalue weighted by atomic mass is 9.98. The minimum absolute atomic E-state index is 0.275. The molecule has 0 aliphatic carbocycles. The molecule has 1 aromatic carbocycles. The van der Waals surface area contributed by atoms with Crippen LogP contribution in [0, 0.1) is 0 Å². The van der Waals surface area contributed by atoms with Crippen LogP contribution in [0.25, 0.3) is 16.7 Å². The van der Waals surface area contributed by atoms with Crippen molar-refractivity contribution in [3.63, 3.8) is 0 Å². The number of benzene rings is 1. The van der Waals surface area contributed by atoms with Crippen molar-refractivity contribution in [2.24, 2.45) is 0 Å². The minimum Gasteiger partial charge on any atom is -0.483 e. The third kappa shape index (κ3) is 2.65. The van der Waals surface area contributed by atoms with Gasteiger partial charge >= 0.3 is 6.18 Å². The van der Waals surface area contributed by atoms with Gasteiger partial charge < -0.3 is 4.74 Å². The zero-order valence-corrected chi connectivity index (χ0v) is 13.7. The molecule has 0 fully saturated rings. The zero-order chi connectivity index (χ0) is 18.7. The maximum atomic E-state index is 13.1. The molecule has 134 valence electrons. The molecular weight excluding hydrogens is 351 g/mol. The largest absolute Gasteiger partial charge is 0.483 e. The minimum atomic E-state index is -4.57. The van der Waals surface area contributed by atoms with E-state index in [0.29, 0.717) is 22.3 Å². The van der Waals surface area contributed by atoms with E-state index in [-0.39, 0.29) is 5.70 Å². The summed E-state index contributed by atoms with van der Waals surface area (Å²) in [6.07, 6.45) is -2.19. The van der Waals surface area contributed by atoms with Gasteiger partial charge in [-0.3, -0.25) is 9.36 Å². The first-order valence-corrected chi connectivity index (χ1v) is 7.63. The molecular formula is C17H12F3N3O3. The van der Waals surface area contributed by atoms with Crippen molar-refractivity contribution in [1.82, 2.24) is 14.9 Å². The van der Waals surface area contributed by atoms with Gasteiger partial charge in [0.25, 0.3) is 5.56 Å². The van der Waals surface area contributed by atoms with Crippen LogP contribution in [-0.4, -0.2) is 20.5 Å². The van der Waals surface area contributed by atoms with Crippen LogP contribution >= 0.6 is 0 Å². The number of aromatic nitrogens is 3. The number of hydrogen-bond donors (Lipinski definition) is 0. The molecule has 0 radical (unpaired) electrons. The normalized spacial score (nSPS) is 16.1. The highest BCUT2D eigenvalue weighted by molar-refractivity contribution is 5.85. The number of pyridine rings is 1. The Morgan fingerprint density at radius 3 is 2.50 bits per heavy atom. The SMILES string of the molecule is CC1(C)C=C(n2cc(C(F)(F)F)ccc2=O)c2cc3nonc3cc2O1. The monoisotopic (exact) mass is 363 g/mol. The predicted molar refractivity (Wildman–Crippen MR) is 85.6 cm³/mol. The number of alkyl halides is 3. The van der Waals surface area contributed by atoms with Crippen molar-refractivity contribution in [2.45, 2.75) is 25.6 Å². The Bertz CT molecular complexity index is 1110. The van der Waals surface area contributed by atoms with Gasteiger partial charge in [0.05, 0.1) is 11.3 Å². The van der Waals surface area contributed by atoms with E-state index in [2.05, 4.69) is 14.9 Å². The first-order valence-electron chi connectivity index (χ1n) is 7.63. The molecule has 9 heteroatoms. The van der Waals surface area contributed by atoms with Crippen LogP contribution in [0.3, 0.4) is 0 Å². The highest BCUT2D eigenvalue weighted by atomic mass is 19.4. The number of rotatable bonds is 1. The van der Waals surface area contributed by atoms with Gasteiger partial charge in [0.2, 0.25) is 0 Å². The molecule has 6 nitrogen and oxygen atoms in total. The van der Waals surface area contributed by atoms with Gasteiger partial charge in [-0.2, -0.15) is 13.2 Å². The third-order valence-electron chi connectivity index (χ3n) is 3.99. The lowest BCUT2D eigenvalue weighted by Gasteiger charge is -2.31. The van der Waals surface area contributed by atoms with Crippen LogP contribution < -0.4 is 10.3 Å². The smallest absolute Gasteiger partial charge is 0.417 e. The van der Waals surface area contributed by atoms with E-state index in [9.17, 15) is 18.0 Å². The summed E-state index contributed by atoms with van der Waals surface area (Å²) < 4.78 is 50.8.